The highest BCUT2D eigenvalue weighted by Crippen LogP contribution is 2.17. The van der Waals surface area contributed by atoms with Crippen LogP contribution in [0.1, 0.15) is 23.8 Å². The van der Waals surface area contributed by atoms with Crippen molar-refractivity contribution >= 4 is 21.8 Å². The highest BCUT2D eigenvalue weighted by Gasteiger charge is 2.22. The quantitative estimate of drug-likeness (QED) is 0.795. The number of carbonyl (C=O) groups is 1. The minimum absolute atomic E-state index is 0.0792. The number of nitrogens with zero attached hydrogens (tertiary/aromatic N) is 2. The molecule has 0 spiro atoms. The maximum Gasteiger partial charge on any atom is 0.270 e. The zero-order chi connectivity index (χ0) is 12.4. The lowest BCUT2D eigenvalue weighted by Crippen LogP contribution is -2.36. The van der Waals surface area contributed by atoms with Crippen molar-refractivity contribution in [2.75, 3.05) is 19.7 Å². The van der Waals surface area contributed by atoms with Gasteiger partial charge in [0.2, 0.25) is 0 Å². The fourth-order valence-corrected chi connectivity index (χ4v) is 2.60. The highest BCUT2D eigenvalue weighted by molar-refractivity contribution is 9.10. The van der Waals surface area contributed by atoms with Crippen LogP contribution in [0.5, 0.6) is 0 Å². The van der Waals surface area contributed by atoms with Gasteiger partial charge in [0.05, 0.1) is 6.10 Å². The molecule has 94 valence electrons. The van der Waals surface area contributed by atoms with E-state index < -0.39 is 0 Å². The molecule has 1 aromatic rings. The van der Waals surface area contributed by atoms with Gasteiger partial charge in [0.25, 0.3) is 5.91 Å². The minimum atomic E-state index is 0.0792. The van der Waals surface area contributed by atoms with Gasteiger partial charge in [-0.2, -0.15) is 0 Å². The van der Waals surface area contributed by atoms with Crippen LogP contribution in [-0.2, 0) is 11.8 Å². The van der Waals surface area contributed by atoms with Crippen molar-refractivity contribution in [2.45, 2.75) is 19.4 Å². The van der Waals surface area contributed by atoms with Crippen LogP contribution in [0, 0.1) is 0 Å². The van der Waals surface area contributed by atoms with Crippen LogP contribution in [0.3, 0.4) is 0 Å². The molecule has 0 aliphatic carbocycles. The summed E-state index contributed by atoms with van der Waals surface area (Å²) in [5, 5.41) is 0. The molecule has 1 fully saturated rings. The average molecular weight is 301 g/mol. The largest absolute Gasteiger partial charge is 0.377 e. The summed E-state index contributed by atoms with van der Waals surface area (Å²) in [5.74, 6) is 0.0792. The number of aryl methyl sites for hydroxylation is 1. The van der Waals surface area contributed by atoms with Gasteiger partial charge < -0.3 is 14.2 Å². The van der Waals surface area contributed by atoms with Crippen molar-refractivity contribution in [3.05, 3.63) is 22.4 Å². The first-order chi connectivity index (χ1) is 8.08. The molecule has 1 amide bonds. The van der Waals surface area contributed by atoms with E-state index in [9.17, 15) is 4.79 Å². The van der Waals surface area contributed by atoms with Gasteiger partial charge in [-0.3, -0.25) is 4.79 Å². The monoisotopic (exact) mass is 300 g/mol. The van der Waals surface area contributed by atoms with E-state index in [4.69, 9.17) is 4.74 Å². The predicted molar refractivity (Wildman–Crippen MR) is 69.0 cm³/mol. The Kier molecular flexibility index (Phi) is 3.89. The predicted octanol–water partition coefficient (Wildman–Crippen LogP) is 2.04. The Labute approximate surface area is 110 Å². The molecule has 4 nitrogen and oxygen atoms in total. The molecule has 1 aliphatic rings. The number of halogens is 1. The van der Waals surface area contributed by atoms with Crippen molar-refractivity contribution in [1.29, 1.82) is 0 Å². The third-order valence-corrected chi connectivity index (χ3v) is 3.36. The molecular formula is C12H17BrN2O2. The minimum Gasteiger partial charge on any atom is -0.377 e. The molecule has 0 aromatic carbocycles. The van der Waals surface area contributed by atoms with E-state index >= 15 is 0 Å². The zero-order valence-electron chi connectivity index (χ0n) is 10.1. The number of hydrogen-bond donors (Lipinski definition) is 0. The maximum absolute atomic E-state index is 12.4. The van der Waals surface area contributed by atoms with Crippen molar-refractivity contribution in [2.24, 2.45) is 7.05 Å². The highest BCUT2D eigenvalue weighted by atomic mass is 79.9. The molecule has 1 saturated heterocycles. The molecule has 1 atom stereocenters. The molecule has 0 radical (unpaired) electrons. The molecule has 5 heteroatoms. The topological polar surface area (TPSA) is 34.5 Å². The fraction of sp³-hybridized carbons (Fsp3) is 0.583. The van der Waals surface area contributed by atoms with Crippen molar-refractivity contribution in [1.82, 2.24) is 9.47 Å². The van der Waals surface area contributed by atoms with Crippen LogP contribution in [0.4, 0.5) is 0 Å². The van der Waals surface area contributed by atoms with E-state index in [0.29, 0.717) is 12.2 Å². The summed E-state index contributed by atoms with van der Waals surface area (Å²) in [4.78, 5) is 14.2. The van der Waals surface area contributed by atoms with Crippen LogP contribution >= 0.6 is 15.9 Å². The van der Waals surface area contributed by atoms with Gasteiger partial charge in [0.1, 0.15) is 5.69 Å². The van der Waals surface area contributed by atoms with Crippen LogP contribution in [0.15, 0.2) is 16.7 Å². The molecule has 2 rings (SSSR count). The summed E-state index contributed by atoms with van der Waals surface area (Å²) in [6, 6.07) is 1.86. The SMILES string of the molecule is CC1CN(C(=O)c2cc(Br)cn2C)CCCO1. The Balaban J connectivity index is 2.16. The van der Waals surface area contributed by atoms with Crippen molar-refractivity contribution < 1.29 is 9.53 Å². The summed E-state index contributed by atoms with van der Waals surface area (Å²) in [5.41, 5.74) is 0.714. The molecule has 0 saturated carbocycles. The third kappa shape index (κ3) is 2.90. The summed E-state index contributed by atoms with van der Waals surface area (Å²) < 4.78 is 8.33. The number of rotatable bonds is 1. The van der Waals surface area contributed by atoms with Crippen molar-refractivity contribution in [3.8, 4) is 0 Å². The molecule has 0 bridgehead atoms. The Hall–Kier alpha value is -0.810. The lowest BCUT2D eigenvalue weighted by Gasteiger charge is -2.22. The third-order valence-electron chi connectivity index (χ3n) is 2.93. The number of carbonyl (C=O) groups excluding carboxylic acids is 1. The van der Waals surface area contributed by atoms with Gasteiger partial charge in [-0.1, -0.05) is 0 Å². The lowest BCUT2D eigenvalue weighted by molar-refractivity contribution is 0.0557. The Bertz CT molecular complexity index is 417. The first kappa shape index (κ1) is 12.6. The van der Waals surface area contributed by atoms with E-state index in [1.165, 1.54) is 0 Å². The van der Waals surface area contributed by atoms with Crippen LogP contribution in [-0.4, -0.2) is 41.2 Å². The number of ether oxygens (including phenoxy) is 1. The van der Waals surface area contributed by atoms with Gasteiger partial charge in [-0.15, -0.1) is 0 Å². The summed E-state index contributed by atoms with van der Waals surface area (Å²) >= 11 is 3.39. The lowest BCUT2D eigenvalue weighted by atomic mass is 10.3. The second kappa shape index (κ2) is 5.23. The smallest absolute Gasteiger partial charge is 0.270 e. The van der Waals surface area contributed by atoms with Gasteiger partial charge >= 0.3 is 0 Å². The molecule has 1 unspecified atom stereocenters. The normalized spacial score (nSPS) is 21.4. The van der Waals surface area contributed by atoms with Gasteiger partial charge in [-0.05, 0) is 35.3 Å². The van der Waals surface area contributed by atoms with Gasteiger partial charge in [0, 0.05) is 37.4 Å². The van der Waals surface area contributed by atoms with Crippen LogP contribution in [0.2, 0.25) is 0 Å². The fourth-order valence-electron chi connectivity index (χ4n) is 2.08. The summed E-state index contributed by atoms with van der Waals surface area (Å²) in [6.45, 7) is 4.18. The Morgan fingerprint density at radius 2 is 2.35 bits per heavy atom. The van der Waals surface area contributed by atoms with E-state index in [2.05, 4.69) is 15.9 Å². The first-order valence-electron chi connectivity index (χ1n) is 5.80. The number of aromatic nitrogens is 1. The first-order valence-corrected chi connectivity index (χ1v) is 6.60. The van der Waals surface area contributed by atoms with Crippen LogP contribution < -0.4 is 0 Å². The van der Waals surface area contributed by atoms with Crippen molar-refractivity contribution in [3.63, 3.8) is 0 Å². The molecule has 1 aliphatic heterocycles. The number of hydrogen-bond acceptors (Lipinski definition) is 2. The van der Waals surface area contributed by atoms with E-state index in [1.54, 1.807) is 0 Å². The Morgan fingerprint density at radius 1 is 1.59 bits per heavy atom. The molecule has 1 aromatic heterocycles. The molecule has 2 heterocycles. The Morgan fingerprint density at radius 3 is 3.00 bits per heavy atom. The number of amides is 1. The van der Waals surface area contributed by atoms with E-state index in [-0.39, 0.29) is 12.0 Å². The van der Waals surface area contributed by atoms with E-state index in [0.717, 1.165) is 24.0 Å². The maximum atomic E-state index is 12.4. The second-order valence-electron chi connectivity index (χ2n) is 4.44. The van der Waals surface area contributed by atoms with Gasteiger partial charge in [0.15, 0.2) is 0 Å². The molecule has 0 N–H and O–H groups in total. The second-order valence-corrected chi connectivity index (χ2v) is 5.36. The summed E-state index contributed by atoms with van der Waals surface area (Å²) in [6.07, 6.45) is 2.91. The van der Waals surface area contributed by atoms with Gasteiger partial charge in [-0.25, -0.2) is 0 Å². The molecule has 17 heavy (non-hydrogen) atoms. The molecular weight excluding hydrogens is 284 g/mol. The average Bonchev–Trinajstić information content (AvgIpc) is 2.49. The summed E-state index contributed by atoms with van der Waals surface area (Å²) in [7, 11) is 1.88. The van der Waals surface area contributed by atoms with Crippen LogP contribution in [0.25, 0.3) is 0 Å². The zero-order valence-corrected chi connectivity index (χ0v) is 11.7. The standard InChI is InChI=1S/C12H17BrN2O2/c1-9-7-15(4-3-5-17-9)12(16)11-6-10(13)8-14(11)2/h6,8-9H,3-5,7H2,1-2H3. The van der Waals surface area contributed by atoms with E-state index in [1.807, 2.05) is 35.7 Å².